The zero-order valence-corrected chi connectivity index (χ0v) is 11.9. The van der Waals surface area contributed by atoms with Crippen LogP contribution in [0.2, 0.25) is 0 Å². The van der Waals surface area contributed by atoms with Crippen molar-refractivity contribution in [1.82, 2.24) is 4.98 Å². The Hall–Kier alpha value is -0.940. The maximum atomic E-state index is 11.8. The lowest BCUT2D eigenvalue weighted by molar-refractivity contribution is 0.0976. The number of aromatic nitrogens is 1. The standard InChI is InChI=1S/C13H20N2O2S/c1-3-15(8-9-17-4-2)13-14-10-6-5-7-11(16)12(10)18-13/h3-9H2,1-2H3. The van der Waals surface area contributed by atoms with Crippen molar-refractivity contribution < 1.29 is 9.53 Å². The van der Waals surface area contributed by atoms with Crippen molar-refractivity contribution in [2.75, 3.05) is 31.2 Å². The largest absolute Gasteiger partial charge is 0.380 e. The molecule has 4 nitrogen and oxygen atoms in total. The smallest absolute Gasteiger partial charge is 0.186 e. The van der Waals surface area contributed by atoms with Crippen molar-refractivity contribution in [3.05, 3.63) is 10.6 Å². The Kier molecular flexibility index (Phi) is 4.72. The molecule has 100 valence electrons. The summed E-state index contributed by atoms with van der Waals surface area (Å²) in [5.41, 5.74) is 1.00. The number of carbonyl (C=O) groups is 1. The van der Waals surface area contributed by atoms with Gasteiger partial charge in [-0.15, -0.1) is 0 Å². The summed E-state index contributed by atoms with van der Waals surface area (Å²) in [6, 6.07) is 0. The lowest BCUT2D eigenvalue weighted by Gasteiger charge is -2.19. The summed E-state index contributed by atoms with van der Waals surface area (Å²) in [7, 11) is 0. The highest BCUT2D eigenvalue weighted by Crippen LogP contribution is 2.31. The molecule has 0 bridgehead atoms. The highest BCUT2D eigenvalue weighted by atomic mass is 32.1. The fraction of sp³-hybridized carbons (Fsp3) is 0.692. The number of ether oxygens (including phenoxy) is 1. The van der Waals surface area contributed by atoms with Gasteiger partial charge in [0.05, 0.1) is 17.2 Å². The highest BCUT2D eigenvalue weighted by Gasteiger charge is 2.23. The van der Waals surface area contributed by atoms with Gasteiger partial charge in [-0.05, 0) is 26.7 Å². The van der Waals surface area contributed by atoms with Gasteiger partial charge in [-0.1, -0.05) is 11.3 Å². The van der Waals surface area contributed by atoms with E-state index in [1.54, 1.807) is 11.3 Å². The van der Waals surface area contributed by atoms with Gasteiger partial charge in [0.25, 0.3) is 0 Å². The van der Waals surface area contributed by atoms with E-state index >= 15 is 0 Å². The molecule has 0 spiro atoms. The topological polar surface area (TPSA) is 42.4 Å². The number of hydrogen-bond acceptors (Lipinski definition) is 5. The van der Waals surface area contributed by atoms with Crippen LogP contribution in [-0.4, -0.2) is 37.1 Å². The van der Waals surface area contributed by atoms with E-state index in [0.29, 0.717) is 13.0 Å². The predicted octanol–water partition coefficient (Wildman–Crippen LogP) is 2.52. The first-order valence-corrected chi connectivity index (χ1v) is 7.43. The maximum Gasteiger partial charge on any atom is 0.186 e. The van der Waals surface area contributed by atoms with E-state index in [-0.39, 0.29) is 5.78 Å². The molecule has 5 heteroatoms. The Labute approximate surface area is 112 Å². The summed E-state index contributed by atoms with van der Waals surface area (Å²) in [5, 5.41) is 0.970. The summed E-state index contributed by atoms with van der Waals surface area (Å²) >= 11 is 1.54. The Morgan fingerprint density at radius 2 is 2.22 bits per heavy atom. The van der Waals surface area contributed by atoms with E-state index in [1.807, 2.05) is 6.92 Å². The summed E-state index contributed by atoms with van der Waals surface area (Å²) in [6.45, 7) is 7.29. The zero-order valence-electron chi connectivity index (χ0n) is 11.1. The molecule has 1 aliphatic carbocycles. The number of hydrogen-bond donors (Lipinski definition) is 0. The Morgan fingerprint density at radius 1 is 1.39 bits per heavy atom. The molecule has 0 saturated heterocycles. The first-order valence-electron chi connectivity index (χ1n) is 6.61. The molecule has 0 radical (unpaired) electrons. The lowest BCUT2D eigenvalue weighted by Crippen LogP contribution is -2.27. The molecule has 0 atom stereocenters. The van der Waals surface area contributed by atoms with Crippen molar-refractivity contribution in [2.24, 2.45) is 0 Å². The zero-order chi connectivity index (χ0) is 13.0. The number of anilines is 1. The quantitative estimate of drug-likeness (QED) is 0.744. The van der Waals surface area contributed by atoms with Crippen LogP contribution in [0.15, 0.2) is 0 Å². The van der Waals surface area contributed by atoms with Gasteiger partial charge < -0.3 is 9.64 Å². The van der Waals surface area contributed by atoms with Crippen molar-refractivity contribution in [1.29, 1.82) is 0 Å². The van der Waals surface area contributed by atoms with Gasteiger partial charge in [0.15, 0.2) is 10.9 Å². The number of thiazole rings is 1. The van der Waals surface area contributed by atoms with Crippen molar-refractivity contribution in [3.8, 4) is 0 Å². The number of aryl methyl sites for hydroxylation is 1. The summed E-state index contributed by atoms with van der Waals surface area (Å²) in [4.78, 5) is 19.5. The SMILES string of the molecule is CCOCCN(CC)c1nc2c(s1)C(=O)CCC2. The van der Waals surface area contributed by atoms with Gasteiger partial charge >= 0.3 is 0 Å². The molecule has 0 saturated carbocycles. The van der Waals surface area contributed by atoms with Crippen molar-refractivity contribution >= 4 is 22.3 Å². The third-order valence-corrected chi connectivity index (χ3v) is 4.32. The Bertz CT molecular complexity index is 417. The molecule has 0 unspecified atom stereocenters. The third kappa shape index (κ3) is 2.90. The van der Waals surface area contributed by atoms with E-state index in [0.717, 1.165) is 48.2 Å². The maximum absolute atomic E-state index is 11.8. The average molecular weight is 268 g/mol. The molecule has 0 N–H and O–H groups in total. The predicted molar refractivity (Wildman–Crippen MR) is 73.8 cm³/mol. The second-order valence-corrected chi connectivity index (χ2v) is 5.30. The van der Waals surface area contributed by atoms with Crippen molar-refractivity contribution in [3.63, 3.8) is 0 Å². The van der Waals surface area contributed by atoms with Gasteiger partial charge in [-0.3, -0.25) is 4.79 Å². The van der Waals surface area contributed by atoms with Gasteiger partial charge in [-0.2, -0.15) is 0 Å². The minimum atomic E-state index is 0.265. The van der Waals surface area contributed by atoms with Crippen LogP contribution in [-0.2, 0) is 11.2 Å². The van der Waals surface area contributed by atoms with E-state index in [9.17, 15) is 4.79 Å². The molecule has 1 aliphatic rings. The molecule has 0 fully saturated rings. The van der Waals surface area contributed by atoms with Gasteiger partial charge in [0.2, 0.25) is 0 Å². The summed E-state index contributed by atoms with van der Waals surface area (Å²) in [6.07, 6.45) is 2.57. The second-order valence-electron chi connectivity index (χ2n) is 4.33. The van der Waals surface area contributed by atoms with Crippen LogP contribution in [0.5, 0.6) is 0 Å². The van der Waals surface area contributed by atoms with E-state index in [1.165, 1.54) is 0 Å². The molecule has 0 amide bonds. The number of ketones is 1. The minimum absolute atomic E-state index is 0.265. The lowest BCUT2D eigenvalue weighted by atomic mass is 10.0. The molecule has 1 aromatic heterocycles. The molecular formula is C13H20N2O2S. The highest BCUT2D eigenvalue weighted by molar-refractivity contribution is 7.17. The normalized spacial score (nSPS) is 14.7. The fourth-order valence-electron chi connectivity index (χ4n) is 2.10. The van der Waals surface area contributed by atoms with Crippen LogP contribution in [0.25, 0.3) is 0 Å². The van der Waals surface area contributed by atoms with Crippen LogP contribution in [0, 0.1) is 0 Å². The Morgan fingerprint density at radius 3 is 2.89 bits per heavy atom. The van der Waals surface area contributed by atoms with Crippen LogP contribution < -0.4 is 4.90 Å². The van der Waals surface area contributed by atoms with Crippen LogP contribution >= 0.6 is 11.3 Å². The van der Waals surface area contributed by atoms with E-state index in [2.05, 4.69) is 16.8 Å². The number of likely N-dealkylation sites (N-methyl/N-ethyl adjacent to an activating group) is 1. The first-order chi connectivity index (χ1) is 8.76. The molecule has 0 aromatic carbocycles. The fourth-order valence-corrected chi connectivity index (χ4v) is 3.27. The number of rotatable bonds is 6. The van der Waals surface area contributed by atoms with Gasteiger partial charge in [0.1, 0.15) is 0 Å². The Balaban J connectivity index is 2.09. The van der Waals surface area contributed by atoms with E-state index < -0.39 is 0 Å². The minimum Gasteiger partial charge on any atom is -0.380 e. The number of nitrogens with zero attached hydrogens (tertiary/aromatic N) is 2. The summed E-state index contributed by atoms with van der Waals surface area (Å²) < 4.78 is 5.38. The third-order valence-electron chi connectivity index (χ3n) is 3.12. The number of carbonyl (C=O) groups excluding carboxylic acids is 1. The molecule has 1 aromatic rings. The molecule has 1 heterocycles. The first kappa shape index (κ1) is 13.5. The summed E-state index contributed by atoms with van der Waals surface area (Å²) in [5.74, 6) is 0.265. The van der Waals surface area contributed by atoms with Crippen LogP contribution in [0.4, 0.5) is 5.13 Å². The molecule has 2 rings (SSSR count). The van der Waals surface area contributed by atoms with Crippen molar-refractivity contribution in [2.45, 2.75) is 33.1 Å². The molecule has 18 heavy (non-hydrogen) atoms. The van der Waals surface area contributed by atoms with Gasteiger partial charge in [-0.25, -0.2) is 4.98 Å². The van der Waals surface area contributed by atoms with Crippen LogP contribution in [0.3, 0.4) is 0 Å². The number of Topliss-reactive ketones (excluding diaryl/α,β-unsaturated/α-hetero) is 1. The monoisotopic (exact) mass is 268 g/mol. The molecular weight excluding hydrogens is 248 g/mol. The second kappa shape index (κ2) is 6.29. The average Bonchev–Trinajstić information content (AvgIpc) is 2.80. The number of fused-ring (bicyclic) bond motifs is 1. The van der Waals surface area contributed by atoms with Gasteiger partial charge in [0, 0.05) is 26.1 Å². The van der Waals surface area contributed by atoms with Crippen LogP contribution in [0.1, 0.15) is 42.1 Å². The molecule has 0 aliphatic heterocycles. The van der Waals surface area contributed by atoms with E-state index in [4.69, 9.17) is 4.74 Å².